The van der Waals surface area contributed by atoms with E-state index in [9.17, 15) is 9.59 Å². The number of nitrogens with zero attached hydrogens (tertiary/aromatic N) is 1. The van der Waals surface area contributed by atoms with Crippen LogP contribution in [0.4, 0.5) is 5.69 Å². The third-order valence-electron chi connectivity index (χ3n) is 3.51. The molecule has 2 aromatic rings. The van der Waals surface area contributed by atoms with Gasteiger partial charge in [-0.15, -0.1) is 0 Å². The van der Waals surface area contributed by atoms with Crippen molar-refractivity contribution < 1.29 is 14.0 Å². The summed E-state index contributed by atoms with van der Waals surface area (Å²) in [6.07, 6.45) is 1.57. The Hall–Kier alpha value is -2.60. The van der Waals surface area contributed by atoms with Gasteiger partial charge >= 0.3 is 0 Å². The molecule has 0 bridgehead atoms. The lowest BCUT2D eigenvalue weighted by molar-refractivity contribution is -0.123. The van der Waals surface area contributed by atoms with Gasteiger partial charge in [-0.25, -0.2) is 0 Å². The fourth-order valence-electron chi connectivity index (χ4n) is 2.28. The van der Waals surface area contributed by atoms with Crippen LogP contribution >= 0.6 is 0 Å². The van der Waals surface area contributed by atoms with Crippen molar-refractivity contribution in [1.82, 2.24) is 10.2 Å². The van der Waals surface area contributed by atoms with Crippen LogP contribution < -0.4 is 10.6 Å². The van der Waals surface area contributed by atoms with Gasteiger partial charge in [-0.2, -0.15) is 0 Å². The molecule has 0 aliphatic rings. The number of hydrogen-bond donors (Lipinski definition) is 2. The van der Waals surface area contributed by atoms with Crippen LogP contribution in [0.15, 0.2) is 47.1 Å². The molecule has 2 N–H and O–H groups in total. The van der Waals surface area contributed by atoms with Gasteiger partial charge in [0.15, 0.2) is 0 Å². The van der Waals surface area contributed by atoms with Crippen molar-refractivity contribution in [1.29, 1.82) is 0 Å². The zero-order valence-electron chi connectivity index (χ0n) is 14.2. The molecule has 1 aromatic heterocycles. The quantitative estimate of drug-likeness (QED) is 0.817. The van der Waals surface area contributed by atoms with Gasteiger partial charge in [0.25, 0.3) is 0 Å². The number of furan rings is 1. The summed E-state index contributed by atoms with van der Waals surface area (Å²) in [5.41, 5.74) is 1.88. The van der Waals surface area contributed by atoms with E-state index in [1.165, 1.54) is 0 Å². The summed E-state index contributed by atoms with van der Waals surface area (Å²) >= 11 is 0. The van der Waals surface area contributed by atoms with Gasteiger partial charge in [-0.1, -0.05) is 17.7 Å². The minimum Gasteiger partial charge on any atom is -0.467 e. The molecule has 6 nitrogen and oxygen atoms in total. The Morgan fingerprint density at radius 3 is 2.42 bits per heavy atom. The van der Waals surface area contributed by atoms with Crippen molar-refractivity contribution >= 4 is 17.5 Å². The molecule has 1 atom stereocenters. The fraction of sp³-hybridized carbons (Fsp3) is 0.333. The maximum atomic E-state index is 12.0. The SMILES string of the molecule is Cc1ccc(NC(=O)CN(C)CC(=O)NC(C)c2ccco2)cc1. The van der Waals surface area contributed by atoms with Gasteiger partial charge in [-0.3, -0.25) is 14.5 Å². The summed E-state index contributed by atoms with van der Waals surface area (Å²) in [5, 5.41) is 5.65. The van der Waals surface area contributed by atoms with Crippen LogP contribution in [-0.2, 0) is 9.59 Å². The predicted octanol–water partition coefficient (Wildman–Crippen LogP) is 2.34. The summed E-state index contributed by atoms with van der Waals surface area (Å²) in [6, 6.07) is 11.0. The van der Waals surface area contributed by atoms with Crippen LogP contribution in [0.5, 0.6) is 0 Å². The van der Waals surface area contributed by atoms with E-state index < -0.39 is 0 Å². The highest BCUT2D eigenvalue weighted by molar-refractivity contribution is 5.92. The summed E-state index contributed by atoms with van der Waals surface area (Å²) in [4.78, 5) is 25.7. The Balaban J connectivity index is 1.75. The average molecular weight is 329 g/mol. The van der Waals surface area contributed by atoms with Crippen molar-refractivity contribution in [2.75, 3.05) is 25.5 Å². The molecule has 2 rings (SSSR count). The summed E-state index contributed by atoms with van der Waals surface area (Å²) in [6.45, 7) is 4.10. The van der Waals surface area contributed by atoms with Crippen LogP contribution in [-0.4, -0.2) is 36.9 Å². The normalized spacial score (nSPS) is 12.0. The molecule has 2 amide bonds. The summed E-state index contributed by atoms with van der Waals surface area (Å²) in [7, 11) is 1.73. The Bertz CT molecular complexity index is 665. The second-order valence-electron chi connectivity index (χ2n) is 5.89. The first-order valence-electron chi connectivity index (χ1n) is 7.82. The number of likely N-dealkylation sites (N-methyl/N-ethyl adjacent to an activating group) is 1. The number of benzene rings is 1. The van der Waals surface area contributed by atoms with Gasteiger partial charge in [0.05, 0.1) is 25.4 Å². The number of nitrogens with one attached hydrogen (secondary N) is 2. The highest BCUT2D eigenvalue weighted by Gasteiger charge is 2.15. The Labute approximate surface area is 141 Å². The van der Waals surface area contributed by atoms with Gasteiger partial charge in [0.2, 0.25) is 11.8 Å². The zero-order chi connectivity index (χ0) is 17.5. The number of anilines is 1. The van der Waals surface area contributed by atoms with E-state index in [2.05, 4.69) is 10.6 Å². The molecule has 1 unspecified atom stereocenters. The molecule has 24 heavy (non-hydrogen) atoms. The van der Waals surface area contributed by atoms with E-state index in [0.29, 0.717) is 5.76 Å². The van der Waals surface area contributed by atoms with Crippen LogP contribution in [0.2, 0.25) is 0 Å². The van der Waals surface area contributed by atoms with E-state index in [0.717, 1.165) is 11.3 Å². The first kappa shape index (κ1) is 17.7. The van der Waals surface area contributed by atoms with Crippen LogP contribution in [0.3, 0.4) is 0 Å². The van der Waals surface area contributed by atoms with Crippen LogP contribution in [0.1, 0.15) is 24.3 Å². The van der Waals surface area contributed by atoms with Crippen molar-refractivity contribution in [2.45, 2.75) is 19.9 Å². The summed E-state index contributed by atoms with van der Waals surface area (Å²) < 4.78 is 5.25. The molecule has 0 spiro atoms. The highest BCUT2D eigenvalue weighted by Crippen LogP contribution is 2.12. The van der Waals surface area contributed by atoms with Gasteiger partial charge in [0.1, 0.15) is 5.76 Å². The third kappa shape index (κ3) is 5.55. The Kier molecular flexibility index (Phi) is 6.14. The second-order valence-corrected chi connectivity index (χ2v) is 5.89. The van der Waals surface area contributed by atoms with Crippen LogP contribution in [0.25, 0.3) is 0 Å². The average Bonchev–Trinajstić information content (AvgIpc) is 3.03. The van der Waals surface area contributed by atoms with E-state index in [-0.39, 0.29) is 30.9 Å². The smallest absolute Gasteiger partial charge is 0.238 e. The number of amides is 2. The first-order chi connectivity index (χ1) is 11.4. The van der Waals surface area contributed by atoms with Crippen LogP contribution in [0, 0.1) is 6.92 Å². The Morgan fingerprint density at radius 2 is 1.79 bits per heavy atom. The number of hydrogen-bond acceptors (Lipinski definition) is 4. The maximum absolute atomic E-state index is 12.0. The molecular weight excluding hydrogens is 306 g/mol. The van der Waals surface area contributed by atoms with Crippen molar-refractivity contribution in [3.05, 3.63) is 54.0 Å². The fourth-order valence-corrected chi connectivity index (χ4v) is 2.28. The summed E-state index contributed by atoms with van der Waals surface area (Å²) in [5.74, 6) is 0.376. The topological polar surface area (TPSA) is 74.6 Å². The van der Waals surface area contributed by atoms with E-state index >= 15 is 0 Å². The molecule has 1 heterocycles. The zero-order valence-corrected chi connectivity index (χ0v) is 14.2. The molecular formula is C18H23N3O3. The maximum Gasteiger partial charge on any atom is 0.238 e. The monoisotopic (exact) mass is 329 g/mol. The van der Waals surface area contributed by atoms with E-state index in [1.54, 1.807) is 24.3 Å². The van der Waals surface area contributed by atoms with Gasteiger partial charge in [0, 0.05) is 5.69 Å². The molecule has 0 saturated heterocycles. The van der Waals surface area contributed by atoms with Crippen molar-refractivity contribution in [3.63, 3.8) is 0 Å². The minimum atomic E-state index is -0.206. The lowest BCUT2D eigenvalue weighted by atomic mass is 10.2. The predicted molar refractivity (Wildman–Crippen MR) is 92.6 cm³/mol. The van der Waals surface area contributed by atoms with Gasteiger partial charge < -0.3 is 15.1 Å². The lowest BCUT2D eigenvalue weighted by Gasteiger charge is -2.18. The highest BCUT2D eigenvalue weighted by atomic mass is 16.3. The number of aryl methyl sites for hydroxylation is 1. The Morgan fingerprint density at radius 1 is 1.12 bits per heavy atom. The number of rotatable bonds is 7. The molecule has 0 saturated carbocycles. The van der Waals surface area contributed by atoms with Gasteiger partial charge in [-0.05, 0) is 45.2 Å². The van der Waals surface area contributed by atoms with E-state index in [1.807, 2.05) is 44.2 Å². The lowest BCUT2D eigenvalue weighted by Crippen LogP contribution is -2.39. The first-order valence-corrected chi connectivity index (χ1v) is 7.82. The third-order valence-corrected chi connectivity index (χ3v) is 3.51. The molecule has 0 fully saturated rings. The minimum absolute atomic E-state index is 0.131. The molecule has 0 aliphatic heterocycles. The van der Waals surface area contributed by atoms with Crippen molar-refractivity contribution in [3.8, 4) is 0 Å². The van der Waals surface area contributed by atoms with Crippen molar-refractivity contribution in [2.24, 2.45) is 0 Å². The number of carbonyl (C=O) groups is 2. The molecule has 0 aliphatic carbocycles. The molecule has 6 heteroatoms. The molecule has 0 radical (unpaired) electrons. The number of carbonyl (C=O) groups excluding carboxylic acids is 2. The standard InChI is InChI=1S/C18H23N3O3/c1-13-6-8-15(9-7-13)20-18(23)12-21(3)11-17(22)19-14(2)16-5-4-10-24-16/h4-10,14H,11-12H2,1-3H3,(H,19,22)(H,20,23). The largest absolute Gasteiger partial charge is 0.467 e. The molecule has 128 valence electrons. The second kappa shape index (κ2) is 8.31. The van der Waals surface area contributed by atoms with E-state index in [4.69, 9.17) is 4.42 Å². The molecule has 1 aromatic carbocycles.